The number of thiophene rings is 1. The molecule has 0 bridgehead atoms. The summed E-state index contributed by atoms with van der Waals surface area (Å²) < 4.78 is 0. The number of nitrogens with one attached hydrogen (secondary N) is 2. The lowest BCUT2D eigenvalue weighted by Gasteiger charge is -2.21. The Hall–Kier alpha value is -1.13. The number of carbonyl (C=O) groups is 1. The lowest BCUT2D eigenvalue weighted by molar-refractivity contribution is -0.117. The van der Waals surface area contributed by atoms with Gasteiger partial charge in [-0.1, -0.05) is 0 Å². The fourth-order valence-electron chi connectivity index (χ4n) is 1.55. The monoisotopic (exact) mass is 236 g/mol. The second kappa shape index (κ2) is 4.80. The molecule has 1 fully saturated rings. The fourth-order valence-corrected chi connectivity index (χ4v) is 2.40. The van der Waals surface area contributed by atoms with Gasteiger partial charge in [-0.2, -0.15) is 0 Å². The molecule has 1 amide bonds. The van der Waals surface area contributed by atoms with Crippen molar-refractivity contribution < 1.29 is 4.79 Å². The van der Waals surface area contributed by atoms with Crippen molar-refractivity contribution in [1.29, 1.82) is 0 Å². The Morgan fingerprint density at radius 1 is 1.56 bits per heavy atom. The maximum absolute atomic E-state index is 11.8. The number of hydrogen-bond acceptors (Lipinski definition) is 3. The standard InChI is InChI=1S/C12H16N2OS/c1-8-3-4-16-11(8)7-14-12(15)9(2)10-5-13-6-10/h3-4,13H,5-7H2,1-2H3,(H,14,15). The van der Waals surface area contributed by atoms with Crippen molar-refractivity contribution in [2.24, 2.45) is 0 Å². The van der Waals surface area contributed by atoms with Crippen LogP contribution in [0.3, 0.4) is 0 Å². The molecular formula is C12H16N2OS. The highest BCUT2D eigenvalue weighted by molar-refractivity contribution is 7.10. The van der Waals surface area contributed by atoms with Crippen molar-refractivity contribution in [3.8, 4) is 0 Å². The maximum Gasteiger partial charge on any atom is 0.247 e. The topological polar surface area (TPSA) is 41.1 Å². The van der Waals surface area contributed by atoms with Gasteiger partial charge < -0.3 is 10.6 Å². The first kappa shape index (κ1) is 11.4. The molecule has 0 spiro atoms. The molecule has 2 rings (SSSR count). The lowest BCUT2D eigenvalue weighted by atomic mass is 10.0. The quantitative estimate of drug-likeness (QED) is 0.783. The third kappa shape index (κ3) is 2.33. The number of rotatable bonds is 3. The van der Waals surface area contributed by atoms with E-state index in [2.05, 4.69) is 29.0 Å². The maximum atomic E-state index is 11.8. The minimum atomic E-state index is 0.0595. The van der Waals surface area contributed by atoms with Crippen LogP contribution in [0.25, 0.3) is 0 Å². The zero-order chi connectivity index (χ0) is 11.5. The summed E-state index contributed by atoms with van der Waals surface area (Å²) in [5.74, 6) is 0.0595. The molecule has 0 aliphatic carbocycles. The van der Waals surface area contributed by atoms with Crippen LogP contribution >= 0.6 is 11.3 Å². The first-order valence-corrected chi connectivity index (χ1v) is 6.27. The van der Waals surface area contributed by atoms with Crippen LogP contribution in [0.2, 0.25) is 0 Å². The summed E-state index contributed by atoms with van der Waals surface area (Å²) in [4.78, 5) is 13.0. The van der Waals surface area contributed by atoms with Gasteiger partial charge in [-0.3, -0.25) is 4.79 Å². The third-order valence-electron chi connectivity index (χ3n) is 2.93. The van der Waals surface area contributed by atoms with Crippen LogP contribution in [-0.4, -0.2) is 19.0 Å². The molecule has 16 heavy (non-hydrogen) atoms. The molecule has 0 aromatic carbocycles. The molecule has 1 saturated heterocycles. The number of carbonyl (C=O) groups excluding carboxylic acids is 1. The predicted octanol–water partition coefficient (Wildman–Crippen LogP) is 1.59. The normalized spacial score (nSPS) is 14.5. The molecule has 1 aliphatic rings. The highest BCUT2D eigenvalue weighted by Crippen LogP contribution is 2.15. The van der Waals surface area contributed by atoms with Crippen LogP contribution in [0.5, 0.6) is 0 Å². The molecule has 1 aromatic rings. The summed E-state index contributed by atoms with van der Waals surface area (Å²) in [5.41, 5.74) is 3.34. The summed E-state index contributed by atoms with van der Waals surface area (Å²) in [6.07, 6.45) is 0. The molecule has 1 aliphatic heterocycles. The second-order valence-corrected chi connectivity index (χ2v) is 5.04. The van der Waals surface area contributed by atoms with Gasteiger partial charge in [0, 0.05) is 23.5 Å². The average Bonchev–Trinajstić information content (AvgIpc) is 2.57. The van der Waals surface area contributed by atoms with E-state index < -0.39 is 0 Å². The van der Waals surface area contributed by atoms with E-state index >= 15 is 0 Å². The van der Waals surface area contributed by atoms with E-state index in [0.29, 0.717) is 6.54 Å². The lowest BCUT2D eigenvalue weighted by Crippen LogP contribution is -2.37. The zero-order valence-corrected chi connectivity index (χ0v) is 10.4. The van der Waals surface area contributed by atoms with E-state index in [-0.39, 0.29) is 5.91 Å². The zero-order valence-electron chi connectivity index (χ0n) is 9.59. The van der Waals surface area contributed by atoms with Crippen molar-refractivity contribution in [2.45, 2.75) is 20.4 Å². The van der Waals surface area contributed by atoms with Crippen LogP contribution in [0, 0.1) is 6.92 Å². The molecule has 2 N–H and O–H groups in total. The Balaban J connectivity index is 1.91. The van der Waals surface area contributed by atoms with Crippen molar-refractivity contribution in [3.05, 3.63) is 33.0 Å². The number of amides is 1. The Morgan fingerprint density at radius 3 is 2.81 bits per heavy atom. The van der Waals surface area contributed by atoms with Gasteiger partial charge in [0.25, 0.3) is 0 Å². The first-order valence-electron chi connectivity index (χ1n) is 5.39. The van der Waals surface area contributed by atoms with Gasteiger partial charge in [0.05, 0.1) is 6.54 Å². The average molecular weight is 236 g/mol. The van der Waals surface area contributed by atoms with Crippen molar-refractivity contribution in [3.63, 3.8) is 0 Å². The Labute approximate surface area is 99.6 Å². The molecule has 1 aromatic heterocycles. The summed E-state index contributed by atoms with van der Waals surface area (Å²) in [5, 5.41) is 8.15. The van der Waals surface area contributed by atoms with Crippen molar-refractivity contribution >= 4 is 17.2 Å². The van der Waals surface area contributed by atoms with E-state index in [1.54, 1.807) is 11.3 Å². The van der Waals surface area contributed by atoms with Crippen LogP contribution in [0.15, 0.2) is 22.6 Å². The van der Waals surface area contributed by atoms with E-state index in [1.165, 1.54) is 16.0 Å². The van der Waals surface area contributed by atoms with Crippen LogP contribution < -0.4 is 10.6 Å². The largest absolute Gasteiger partial charge is 0.347 e. The Morgan fingerprint density at radius 2 is 2.31 bits per heavy atom. The summed E-state index contributed by atoms with van der Waals surface area (Å²) in [6.45, 7) is 6.32. The molecule has 2 heterocycles. The van der Waals surface area contributed by atoms with Gasteiger partial charge in [-0.25, -0.2) is 0 Å². The van der Waals surface area contributed by atoms with Gasteiger partial charge >= 0.3 is 0 Å². The number of hydrogen-bond donors (Lipinski definition) is 2. The predicted molar refractivity (Wildman–Crippen MR) is 66.5 cm³/mol. The van der Waals surface area contributed by atoms with Crippen LogP contribution in [0.4, 0.5) is 0 Å². The second-order valence-electron chi connectivity index (χ2n) is 4.04. The van der Waals surface area contributed by atoms with Crippen molar-refractivity contribution in [2.75, 3.05) is 13.1 Å². The Bertz CT molecular complexity index is 428. The molecule has 0 radical (unpaired) electrons. The summed E-state index contributed by atoms with van der Waals surface area (Å²) in [7, 11) is 0. The van der Waals surface area contributed by atoms with Crippen LogP contribution in [0.1, 0.15) is 17.4 Å². The first-order chi connectivity index (χ1) is 7.68. The van der Waals surface area contributed by atoms with Crippen LogP contribution in [-0.2, 0) is 11.3 Å². The fraction of sp³-hybridized carbons (Fsp3) is 0.417. The summed E-state index contributed by atoms with van der Waals surface area (Å²) in [6, 6.07) is 2.08. The molecule has 4 heteroatoms. The molecule has 86 valence electrons. The smallest absolute Gasteiger partial charge is 0.247 e. The third-order valence-corrected chi connectivity index (χ3v) is 3.95. The van der Waals surface area contributed by atoms with E-state index in [9.17, 15) is 4.79 Å². The molecular weight excluding hydrogens is 220 g/mol. The van der Waals surface area contributed by atoms with E-state index in [0.717, 1.165) is 18.7 Å². The molecule has 0 atom stereocenters. The van der Waals surface area contributed by atoms with E-state index in [4.69, 9.17) is 0 Å². The molecule has 0 saturated carbocycles. The van der Waals surface area contributed by atoms with Gasteiger partial charge in [-0.05, 0) is 36.4 Å². The van der Waals surface area contributed by atoms with Gasteiger partial charge in [0.2, 0.25) is 5.91 Å². The minimum Gasteiger partial charge on any atom is -0.347 e. The highest BCUT2D eigenvalue weighted by atomic mass is 32.1. The van der Waals surface area contributed by atoms with Gasteiger partial charge in [0.15, 0.2) is 0 Å². The van der Waals surface area contributed by atoms with Crippen molar-refractivity contribution in [1.82, 2.24) is 10.6 Å². The SMILES string of the molecule is CC(C(=O)NCc1sccc1C)=C1CNC1. The highest BCUT2D eigenvalue weighted by Gasteiger charge is 2.15. The van der Waals surface area contributed by atoms with Gasteiger partial charge in [0.1, 0.15) is 0 Å². The minimum absolute atomic E-state index is 0.0595. The number of aryl methyl sites for hydroxylation is 1. The molecule has 0 unspecified atom stereocenters. The Kier molecular flexibility index (Phi) is 3.41. The van der Waals surface area contributed by atoms with Gasteiger partial charge in [-0.15, -0.1) is 11.3 Å². The summed E-state index contributed by atoms with van der Waals surface area (Å²) >= 11 is 1.69. The molecule has 3 nitrogen and oxygen atoms in total. The van der Waals surface area contributed by atoms with E-state index in [1.807, 2.05) is 6.92 Å².